The minimum absolute atomic E-state index is 0.0828. The fourth-order valence-electron chi connectivity index (χ4n) is 1.72. The summed E-state index contributed by atoms with van der Waals surface area (Å²) in [7, 11) is 1.60. The predicted octanol–water partition coefficient (Wildman–Crippen LogP) is 2.50. The topological polar surface area (TPSA) is 82.3 Å². The lowest BCUT2D eigenvalue weighted by atomic mass is 10.1. The SMILES string of the molecule is Cc1nc(COc2cc(C)c(S(=O)(=O)Cl)cc2C)no1. The van der Waals surface area contributed by atoms with E-state index in [1.165, 1.54) is 6.07 Å². The molecule has 1 aromatic heterocycles. The number of hydrogen-bond donors (Lipinski definition) is 0. The van der Waals surface area contributed by atoms with Gasteiger partial charge in [-0.1, -0.05) is 5.16 Å². The Morgan fingerprint density at radius 3 is 2.50 bits per heavy atom. The summed E-state index contributed by atoms with van der Waals surface area (Å²) in [5.41, 5.74) is 1.18. The molecule has 0 fully saturated rings. The van der Waals surface area contributed by atoms with Crippen LogP contribution in [0.15, 0.2) is 21.6 Å². The van der Waals surface area contributed by atoms with Gasteiger partial charge in [-0.25, -0.2) is 8.42 Å². The van der Waals surface area contributed by atoms with Gasteiger partial charge < -0.3 is 9.26 Å². The first-order chi connectivity index (χ1) is 9.27. The second-order valence-electron chi connectivity index (χ2n) is 4.34. The van der Waals surface area contributed by atoms with E-state index in [-0.39, 0.29) is 11.5 Å². The Bertz CT molecular complexity index is 740. The van der Waals surface area contributed by atoms with Gasteiger partial charge in [0.15, 0.2) is 6.61 Å². The summed E-state index contributed by atoms with van der Waals surface area (Å²) in [5.74, 6) is 1.43. The molecule has 0 saturated carbocycles. The smallest absolute Gasteiger partial charge is 0.261 e. The number of aryl methyl sites for hydroxylation is 3. The van der Waals surface area contributed by atoms with Crippen molar-refractivity contribution < 1.29 is 17.7 Å². The molecule has 0 aliphatic heterocycles. The Kier molecular flexibility index (Phi) is 4.01. The summed E-state index contributed by atoms with van der Waals surface area (Å²) in [6.45, 7) is 5.22. The van der Waals surface area contributed by atoms with Gasteiger partial charge in [0.2, 0.25) is 11.7 Å². The molecule has 6 nitrogen and oxygen atoms in total. The van der Waals surface area contributed by atoms with Crippen LogP contribution in [0.3, 0.4) is 0 Å². The third-order valence-corrected chi connectivity index (χ3v) is 4.13. The highest BCUT2D eigenvalue weighted by atomic mass is 35.7. The van der Waals surface area contributed by atoms with Crippen molar-refractivity contribution in [3.8, 4) is 5.75 Å². The van der Waals surface area contributed by atoms with Gasteiger partial charge in [0.25, 0.3) is 9.05 Å². The van der Waals surface area contributed by atoms with Crippen LogP contribution >= 0.6 is 10.7 Å². The van der Waals surface area contributed by atoms with Crippen LogP contribution in [0.25, 0.3) is 0 Å². The summed E-state index contributed by atoms with van der Waals surface area (Å²) in [4.78, 5) is 4.10. The molecule has 0 spiro atoms. The molecule has 0 atom stereocenters. The lowest BCUT2D eigenvalue weighted by Crippen LogP contribution is -2.02. The number of nitrogens with zero attached hydrogens (tertiary/aromatic N) is 2. The molecule has 8 heteroatoms. The number of halogens is 1. The molecule has 0 unspecified atom stereocenters. The molecule has 1 aromatic carbocycles. The van der Waals surface area contributed by atoms with Gasteiger partial charge in [-0.2, -0.15) is 4.98 Å². The van der Waals surface area contributed by atoms with E-state index in [1.54, 1.807) is 26.8 Å². The monoisotopic (exact) mass is 316 g/mol. The molecular weight excluding hydrogens is 304 g/mol. The molecule has 0 aliphatic rings. The summed E-state index contributed by atoms with van der Waals surface area (Å²) >= 11 is 0. The van der Waals surface area contributed by atoms with Crippen LogP contribution in [-0.2, 0) is 15.7 Å². The maximum atomic E-state index is 11.4. The van der Waals surface area contributed by atoms with Crippen LogP contribution in [0.1, 0.15) is 22.8 Å². The largest absolute Gasteiger partial charge is 0.485 e. The zero-order valence-corrected chi connectivity index (χ0v) is 12.7. The third-order valence-electron chi connectivity index (χ3n) is 2.66. The molecule has 0 bridgehead atoms. The lowest BCUT2D eigenvalue weighted by molar-refractivity contribution is 0.283. The minimum Gasteiger partial charge on any atom is -0.485 e. The summed E-state index contributed by atoms with van der Waals surface area (Å²) in [6.07, 6.45) is 0. The van der Waals surface area contributed by atoms with Crippen LogP contribution in [-0.4, -0.2) is 18.6 Å². The van der Waals surface area contributed by atoms with Crippen LogP contribution < -0.4 is 4.74 Å². The Morgan fingerprint density at radius 1 is 1.25 bits per heavy atom. The van der Waals surface area contributed by atoms with E-state index in [2.05, 4.69) is 10.1 Å². The average Bonchev–Trinajstić information content (AvgIpc) is 2.74. The number of aromatic nitrogens is 2. The fourth-order valence-corrected chi connectivity index (χ4v) is 2.98. The molecule has 0 saturated heterocycles. The maximum absolute atomic E-state index is 11.4. The normalized spacial score (nSPS) is 11.6. The zero-order valence-electron chi connectivity index (χ0n) is 11.2. The number of hydrogen-bond acceptors (Lipinski definition) is 6. The summed E-state index contributed by atoms with van der Waals surface area (Å²) < 4.78 is 33.2. The van der Waals surface area contributed by atoms with E-state index < -0.39 is 9.05 Å². The Labute approximate surface area is 121 Å². The molecule has 0 amide bonds. The summed E-state index contributed by atoms with van der Waals surface area (Å²) in [6, 6.07) is 3.10. The van der Waals surface area contributed by atoms with Gasteiger partial charge in [-0.15, -0.1) is 0 Å². The molecule has 108 valence electrons. The molecule has 2 aromatic rings. The van der Waals surface area contributed by atoms with Crippen LogP contribution in [0, 0.1) is 20.8 Å². The van der Waals surface area contributed by atoms with E-state index in [0.717, 1.165) is 0 Å². The van der Waals surface area contributed by atoms with E-state index in [4.69, 9.17) is 19.9 Å². The van der Waals surface area contributed by atoms with E-state index in [9.17, 15) is 8.42 Å². The molecule has 0 radical (unpaired) electrons. The van der Waals surface area contributed by atoms with Crippen molar-refractivity contribution in [1.29, 1.82) is 0 Å². The first-order valence-corrected chi connectivity index (χ1v) is 8.06. The van der Waals surface area contributed by atoms with Crippen molar-refractivity contribution in [2.24, 2.45) is 0 Å². The van der Waals surface area contributed by atoms with Gasteiger partial charge in [0.1, 0.15) is 5.75 Å². The van der Waals surface area contributed by atoms with Crippen molar-refractivity contribution in [3.05, 3.63) is 35.0 Å². The second-order valence-corrected chi connectivity index (χ2v) is 6.87. The molecule has 1 heterocycles. The van der Waals surface area contributed by atoms with Gasteiger partial charge in [-0.3, -0.25) is 0 Å². The lowest BCUT2D eigenvalue weighted by Gasteiger charge is -2.10. The molecule has 0 N–H and O–H groups in total. The Balaban J connectivity index is 2.23. The number of ether oxygens (including phenoxy) is 1. The summed E-state index contributed by atoms with van der Waals surface area (Å²) in [5, 5.41) is 3.71. The van der Waals surface area contributed by atoms with Gasteiger partial charge in [-0.05, 0) is 37.1 Å². The molecule has 0 aliphatic carbocycles. The van der Waals surface area contributed by atoms with E-state index >= 15 is 0 Å². The number of rotatable bonds is 4. The minimum atomic E-state index is -3.76. The van der Waals surface area contributed by atoms with Crippen LogP contribution in [0.4, 0.5) is 0 Å². The van der Waals surface area contributed by atoms with Crippen molar-refractivity contribution in [1.82, 2.24) is 10.1 Å². The van der Waals surface area contributed by atoms with Gasteiger partial charge in [0, 0.05) is 17.6 Å². The van der Waals surface area contributed by atoms with Crippen molar-refractivity contribution >= 4 is 19.7 Å². The van der Waals surface area contributed by atoms with Crippen molar-refractivity contribution in [2.75, 3.05) is 0 Å². The number of benzene rings is 1. The standard InChI is InChI=1S/C12H13ClN2O4S/c1-7-5-11(20(13,16)17)8(2)4-10(7)18-6-12-14-9(3)19-15-12/h4-5H,6H2,1-3H3. The highest BCUT2D eigenvalue weighted by Gasteiger charge is 2.16. The molecule has 20 heavy (non-hydrogen) atoms. The Hall–Kier alpha value is -1.60. The van der Waals surface area contributed by atoms with Gasteiger partial charge in [0.05, 0.1) is 4.90 Å². The van der Waals surface area contributed by atoms with E-state index in [1.807, 2.05) is 0 Å². The Morgan fingerprint density at radius 2 is 1.95 bits per heavy atom. The van der Waals surface area contributed by atoms with Crippen LogP contribution in [0.2, 0.25) is 0 Å². The predicted molar refractivity (Wildman–Crippen MR) is 72.3 cm³/mol. The van der Waals surface area contributed by atoms with Crippen LogP contribution in [0.5, 0.6) is 5.75 Å². The maximum Gasteiger partial charge on any atom is 0.261 e. The van der Waals surface area contributed by atoms with Crippen molar-refractivity contribution in [3.63, 3.8) is 0 Å². The molecule has 2 rings (SSSR count). The highest BCUT2D eigenvalue weighted by Crippen LogP contribution is 2.28. The van der Waals surface area contributed by atoms with Crippen molar-refractivity contribution in [2.45, 2.75) is 32.3 Å². The zero-order chi connectivity index (χ0) is 14.9. The fraction of sp³-hybridized carbons (Fsp3) is 0.333. The van der Waals surface area contributed by atoms with E-state index in [0.29, 0.717) is 28.6 Å². The quantitative estimate of drug-likeness (QED) is 0.806. The first-order valence-electron chi connectivity index (χ1n) is 5.75. The second kappa shape index (κ2) is 5.41. The average molecular weight is 317 g/mol. The van der Waals surface area contributed by atoms with Gasteiger partial charge >= 0.3 is 0 Å². The molecular formula is C12H13ClN2O4S. The highest BCUT2D eigenvalue weighted by molar-refractivity contribution is 8.13. The third kappa shape index (κ3) is 3.29. The first kappa shape index (κ1) is 14.8.